The van der Waals surface area contributed by atoms with Crippen molar-refractivity contribution >= 4 is 44.9 Å². The van der Waals surface area contributed by atoms with Crippen LogP contribution in [0.2, 0.25) is 0 Å². The van der Waals surface area contributed by atoms with E-state index in [0.29, 0.717) is 20.9 Å². The minimum absolute atomic E-state index is 0.167. The second-order valence-corrected chi connectivity index (χ2v) is 9.46. The number of thiophene rings is 1. The first-order valence-corrected chi connectivity index (χ1v) is 11.4. The highest BCUT2D eigenvalue weighted by molar-refractivity contribution is 8.00. The molecule has 0 fully saturated rings. The summed E-state index contributed by atoms with van der Waals surface area (Å²) in [6, 6.07) is 11.9. The topological polar surface area (TPSA) is 74.8 Å². The van der Waals surface area contributed by atoms with Crippen molar-refractivity contribution in [3.8, 4) is 11.1 Å². The van der Waals surface area contributed by atoms with E-state index in [9.17, 15) is 14.0 Å². The lowest BCUT2D eigenvalue weighted by atomic mass is 10.1. The molecule has 5 nitrogen and oxygen atoms in total. The van der Waals surface area contributed by atoms with Gasteiger partial charge in [-0.2, -0.15) is 0 Å². The minimum Gasteiger partial charge on any atom is -0.325 e. The molecule has 1 atom stereocenters. The highest BCUT2D eigenvalue weighted by atomic mass is 32.2. The average Bonchev–Trinajstić information content (AvgIpc) is 3.15. The number of anilines is 1. The van der Waals surface area contributed by atoms with Crippen molar-refractivity contribution in [3.05, 3.63) is 75.1 Å². The third-order valence-corrected chi connectivity index (χ3v) is 6.74. The molecule has 0 saturated carbocycles. The zero-order valence-corrected chi connectivity index (χ0v) is 18.8. The van der Waals surface area contributed by atoms with Gasteiger partial charge in [-0.05, 0) is 55.7 Å². The molecule has 0 radical (unpaired) electrons. The van der Waals surface area contributed by atoms with Crippen LogP contribution in [-0.2, 0) is 4.79 Å². The van der Waals surface area contributed by atoms with Crippen molar-refractivity contribution in [2.75, 3.05) is 5.32 Å². The largest absolute Gasteiger partial charge is 0.325 e. The third kappa shape index (κ3) is 4.55. The predicted molar refractivity (Wildman–Crippen MR) is 125 cm³/mol. The van der Waals surface area contributed by atoms with Crippen LogP contribution in [0.3, 0.4) is 0 Å². The van der Waals surface area contributed by atoms with Gasteiger partial charge in [0.25, 0.3) is 5.56 Å². The van der Waals surface area contributed by atoms with E-state index in [1.807, 2.05) is 37.4 Å². The molecule has 31 heavy (non-hydrogen) atoms. The van der Waals surface area contributed by atoms with Gasteiger partial charge in [0.2, 0.25) is 5.91 Å². The van der Waals surface area contributed by atoms with Crippen LogP contribution in [0, 0.1) is 19.7 Å². The van der Waals surface area contributed by atoms with E-state index < -0.39 is 5.25 Å². The Morgan fingerprint density at radius 3 is 2.68 bits per heavy atom. The van der Waals surface area contributed by atoms with Gasteiger partial charge in [-0.1, -0.05) is 36.0 Å². The first-order chi connectivity index (χ1) is 14.8. The predicted octanol–water partition coefficient (Wildman–Crippen LogP) is 5.53. The van der Waals surface area contributed by atoms with Crippen LogP contribution in [0.5, 0.6) is 0 Å². The summed E-state index contributed by atoms with van der Waals surface area (Å²) in [5, 5.41) is 5.17. The van der Waals surface area contributed by atoms with Gasteiger partial charge in [-0.15, -0.1) is 11.3 Å². The number of aromatic nitrogens is 2. The Labute approximate surface area is 186 Å². The number of amides is 1. The lowest BCUT2D eigenvalue weighted by Crippen LogP contribution is -2.23. The summed E-state index contributed by atoms with van der Waals surface area (Å²) in [7, 11) is 0. The van der Waals surface area contributed by atoms with Crippen molar-refractivity contribution in [2.24, 2.45) is 0 Å². The van der Waals surface area contributed by atoms with Crippen LogP contribution in [0.4, 0.5) is 10.1 Å². The van der Waals surface area contributed by atoms with Gasteiger partial charge >= 0.3 is 0 Å². The normalized spacial score (nSPS) is 12.1. The molecule has 1 unspecified atom stereocenters. The Morgan fingerprint density at radius 1 is 1.19 bits per heavy atom. The number of hydrogen-bond donors (Lipinski definition) is 2. The van der Waals surface area contributed by atoms with Gasteiger partial charge in [0.05, 0.1) is 10.6 Å². The van der Waals surface area contributed by atoms with Crippen LogP contribution in [0.25, 0.3) is 21.3 Å². The van der Waals surface area contributed by atoms with E-state index in [0.717, 1.165) is 22.4 Å². The van der Waals surface area contributed by atoms with Crippen molar-refractivity contribution in [1.82, 2.24) is 9.97 Å². The fourth-order valence-corrected chi connectivity index (χ4v) is 4.95. The molecule has 2 heterocycles. The van der Waals surface area contributed by atoms with E-state index in [1.54, 1.807) is 19.1 Å². The van der Waals surface area contributed by atoms with E-state index in [1.165, 1.54) is 35.2 Å². The van der Waals surface area contributed by atoms with Crippen molar-refractivity contribution in [1.29, 1.82) is 0 Å². The molecular weight excluding hydrogens is 433 g/mol. The Hall–Kier alpha value is -2.97. The summed E-state index contributed by atoms with van der Waals surface area (Å²) < 4.78 is 13.2. The van der Waals surface area contributed by atoms with E-state index in [4.69, 9.17) is 0 Å². The SMILES string of the molecule is Cc1ccc(C)c(NC(=O)C(C)Sc2nc3scc(-c4ccc(F)cc4)c3c(=O)[nH]2)c1. The summed E-state index contributed by atoms with van der Waals surface area (Å²) in [6.45, 7) is 5.68. The summed E-state index contributed by atoms with van der Waals surface area (Å²) in [5.74, 6) is -0.498. The first-order valence-electron chi connectivity index (χ1n) is 9.64. The quantitative estimate of drug-likeness (QED) is 0.308. The fourth-order valence-electron chi connectivity index (χ4n) is 3.15. The molecular formula is C23H20FN3O2S2. The number of aromatic amines is 1. The van der Waals surface area contributed by atoms with Crippen molar-refractivity contribution in [3.63, 3.8) is 0 Å². The smallest absolute Gasteiger partial charge is 0.260 e. The number of H-pyrrole nitrogens is 1. The van der Waals surface area contributed by atoms with E-state index in [2.05, 4.69) is 15.3 Å². The summed E-state index contributed by atoms with van der Waals surface area (Å²) in [4.78, 5) is 33.3. The van der Waals surface area contributed by atoms with Gasteiger partial charge in [0.1, 0.15) is 10.6 Å². The molecule has 1 amide bonds. The first kappa shape index (κ1) is 21.3. The Balaban J connectivity index is 1.56. The number of fused-ring (bicyclic) bond motifs is 1. The number of thioether (sulfide) groups is 1. The third-order valence-electron chi connectivity index (χ3n) is 4.89. The maximum absolute atomic E-state index is 13.2. The lowest BCUT2D eigenvalue weighted by molar-refractivity contribution is -0.115. The van der Waals surface area contributed by atoms with Crippen LogP contribution in [0.1, 0.15) is 18.1 Å². The molecule has 0 aliphatic carbocycles. The number of nitrogens with one attached hydrogen (secondary N) is 2. The maximum atomic E-state index is 13.2. The zero-order chi connectivity index (χ0) is 22.1. The fraction of sp³-hybridized carbons (Fsp3) is 0.174. The molecule has 4 aromatic rings. The molecule has 2 N–H and O–H groups in total. The van der Waals surface area contributed by atoms with Crippen LogP contribution in [0.15, 0.2) is 57.8 Å². The molecule has 4 rings (SSSR count). The molecule has 158 valence electrons. The maximum Gasteiger partial charge on any atom is 0.260 e. The monoisotopic (exact) mass is 453 g/mol. The number of hydrogen-bond acceptors (Lipinski definition) is 5. The molecule has 0 aliphatic rings. The zero-order valence-electron chi connectivity index (χ0n) is 17.2. The summed E-state index contributed by atoms with van der Waals surface area (Å²) in [5.41, 5.74) is 4.00. The van der Waals surface area contributed by atoms with Gasteiger partial charge in [-0.25, -0.2) is 9.37 Å². The second kappa shape index (κ2) is 8.64. The number of aryl methyl sites for hydroxylation is 2. The molecule has 0 bridgehead atoms. The van der Waals surface area contributed by atoms with Gasteiger partial charge in [0, 0.05) is 16.6 Å². The Bertz CT molecular complexity index is 1330. The number of rotatable bonds is 5. The molecule has 0 aliphatic heterocycles. The Kier molecular flexibility index (Phi) is 5.93. The number of halogens is 1. The highest BCUT2D eigenvalue weighted by Gasteiger charge is 2.19. The average molecular weight is 454 g/mol. The van der Waals surface area contributed by atoms with Crippen molar-refractivity contribution < 1.29 is 9.18 Å². The number of carbonyl (C=O) groups excluding carboxylic acids is 1. The standard InChI is InChI=1S/C23H20FN3O2S2/c1-12-4-5-13(2)18(10-12)25-20(28)14(3)31-23-26-21(29)19-17(11-30-22(19)27-23)15-6-8-16(24)9-7-15/h4-11,14H,1-3H3,(H,25,28)(H,26,27,29). The molecule has 2 aromatic carbocycles. The molecule has 2 aromatic heterocycles. The van der Waals surface area contributed by atoms with Gasteiger partial charge in [0.15, 0.2) is 5.16 Å². The molecule has 0 saturated heterocycles. The van der Waals surface area contributed by atoms with Crippen LogP contribution in [-0.4, -0.2) is 21.1 Å². The second-order valence-electron chi connectivity index (χ2n) is 7.28. The minimum atomic E-state index is -0.461. The highest BCUT2D eigenvalue weighted by Crippen LogP contribution is 2.32. The van der Waals surface area contributed by atoms with Gasteiger partial charge in [-0.3, -0.25) is 9.59 Å². The molecule has 0 spiro atoms. The van der Waals surface area contributed by atoms with Gasteiger partial charge < -0.3 is 10.3 Å². The summed E-state index contributed by atoms with van der Waals surface area (Å²) in [6.07, 6.45) is 0. The molecule has 8 heteroatoms. The lowest BCUT2D eigenvalue weighted by Gasteiger charge is -2.13. The number of benzene rings is 2. The van der Waals surface area contributed by atoms with E-state index in [-0.39, 0.29) is 17.3 Å². The van der Waals surface area contributed by atoms with Crippen LogP contribution >= 0.6 is 23.1 Å². The summed E-state index contributed by atoms with van der Waals surface area (Å²) >= 11 is 2.54. The number of nitrogens with zero attached hydrogens (tertiary/aromatic N) is 1. The van der Waals surface area contributed by atoms with E-state index >= 15 is 0 Å². The van der Waals surface area contributed by atoms with Crippen LogP contribution < -0.4 is 10.9 Å². The van der Waals surface area contributed by atoms with Crippen molar-refractivity contribution in [2.45, 2.75) is 31.2 Å². The number of carbonyl (C=O) groups is 1. The Morgan fingerprint density at radius 2 is 1.94 bits per heavy atom.